The summed E-state index contributed by atoms with van der Waals surface area (Å²) in [6, 6.07) is 11.2. The van der Waals surface area contributed by atoms with Crippen molar-refractivity contribution >= 4 is 15.7 Å². The number of fused-ring (bicyclic) bond motifs is 3. The number of hydrogen-bond acceptors (Lipinski definition) is 6. The lowest BCUT2D eigenvalue weighted by Gasteiger charge is -2.17. The van der Waals surface area contributed by atoms with E-state index in [0.29, 0.717) is 35.1 Å². The third-order valence-corrected chi connectivity index (χ3v) is 5.25. The zero-order valence-corrected chi connectivity index (χ0v) is 14.0. The normalized spacial score (nSPS) is 12.7. The third-order valence-electron chi connectivity index (χ3n) is 3.88. The lowest BCUT2D eigenvalue weighted by Crippen LogP contribution is -2.13. The van der Waals surface area contributed by atoms with Gasteiger partial charge in [-0.1, -0.05) is 5.16 Å². The van der Waals surface area contributed by atoms with Gasteiger partial charge in [-0.2, -0.15) is 0 Å². The maximum Gasteiger partial charge on any atom is 0.261 e. The smallest absolute Gasteiger partial charge is 0.261 e. The summed E-state index contributed by atoms with van der Waals surface area (Å²) in [6.07, 6.45) is 1.56. The first-order chi connectivity index (χ1) is 12.1. The van der Waals surface area contributed by atoms with Crippen LogP contribution in [0.4, 0.5) is 5.69 Å². The molecule has 1 aromatic heterocycles. The van der Waals surface area contributed by atoms with Gasteiger partial charge in [-0.05, 0) is 42.5 Å². The largest absolute Gasteiger partial charge is 0.497 e. The molecule has 2 heterocycles. The summed E-state index contributed by atoms with van der Waals surface area (Å²) in [4.78, 5) is 0.106. The van der Waals surface area contributed by atoms with Gasteiger partial charge >= 0.3 is 0 Å². The van der Waals surface area contributed by atoms with Crippen molar-refractivity contribution < 1.29 is 22.4 Å². The molecule has 1 N–H and O–H groups in total. The highest BCUT2D eigenvalue weighted by atomic mass is 32.2. The summed E-state index contributed by atoms with van der Waals surface area (Å²) in [5.74, 6) is 1.74. The minimum Gasteiger partial charge on any atom is -0.497 e. The van der Waals surface area contributed by atoms with E-state index in [4.69, 9.17) is 14.0 Å². The fourth-order valence-electron chi connectivity index (χ4n) is 2.59. The second-order valence-electron chi connectivity index (χ2n) is 5.46. The Morgan fingerprint density at radius 1 is 1.16 bits per heavy atom. The molecule has 0 atom stereocenters. The zero-order chi connectivity index (χ0) is 17.4. The van der Waals surface area contributed by atoms with E-state index in [2.05, 4.69) is 9.88 Å². The van der Waals surface area contributed by atoms with Crippen LogP contribution in [0.3, 0.4) is 0 Å². The van der Waals surface area contributed by atoms with Crippen molar-refractivity contribution in [2.45, 2.75) is 11.5 Å². The molecule has 0 amide bonds. The Hall–Kier alpha value is -3.00. The van der Waals surface area contributed by atoms with E-state index in [1.165, 1.54) is 12.1 Å². The SMILES string of the molecule is COc1ccc(NS(=O)(=O)c2ccc3c(c2)-c2oncc2CO3)cc1. The average molecular weight is 358 g/mol. The van der Waals surface area contributed by atoms with E-state index >= 15 is 0 Å². The first kappa shape index (κ1) is 15.5. The molecular formula is C17H14N2O5S. The lowest BCUT2D eigenvalue weighted by atomic mass is 10.1. The Morgan fingerprint density at radius 2 is 1.96 bits per heavy atom. The van der Waals surface area contributed by atoms with Crippen LogP contribution in [0, 0.1) is 0 Å². The summed E-state index contributed by atoms with van der Waals surface area (Å²) < 4.78 is 43.8. The Balaban J connectivity index is 1.68. The van der Waals surface area contributed by atoms with Crippen LogP contribution in [-0.4, -0.2) is 20.7 Å². The highest BCUT2D eigenvalue weighted by molar-refractivity contribution is 7.92. The van der Waals surface area contributed by atoms with Gasteiger partial charge in [0.25, 0.3) is 10.0 Å². The molecule has 4 rings (SSSR count). The first-order valence-electron chi connectivity index (χ1n) is 7.44. The molecule has 0 unspecified atom stereocenters. The fraction of sp³-hybridized carbons (Fsp3) is 0.118. The van der Waals surface area contributed by atoms with E-state index < -0.39 is 10.0 Å². The summed E-state index contributed by atoms with van der Waals surface area (Å²) in [5.41, 5.74) is 1.79. The molecule has 1 aliphatic heterocycles. The number of hydrogen-bond donors (Lipinski definition) is 1. The van der Waals surface area contributed by atoms with Crippen molar-refractivity contribution in [1.82, 2.24) is 5.16 Å². The van der Waals surface area contributed by atoms with Crippen molar-refractivity contribution in [3.63, 3.8) is 0 Å². The topological polar surface area (TPSA) is 90.7 Å². The maximum absolute atomic E-state index is 12.7. The lowest BCUT2D eigenvalue weighted by molar-refractivity contribution is 0.297. The van der Waals surface area contributed by atoms with Gasteiger partial charge in [0.2, 0.25) is 0 Å². The summed E-state index contributed by atoms with van der Waals surface area (Å²) in [5, 5.41) is 3.75. The molecule has 0 saturated heterocycles. The molecule has 0 radical (unpaired) electrons. The van der Waals surface area contributed by atoms with Gasteiger partial charge in [0, 0.05) is 5.69 Å². The Bertz CT molecular complexity index is 1030. The van der Waals surface area contributed by atoms with Crippen LogP contribution in [0.5, 0.6) is 11.5 Å². The Labute approximate surface area is 144 Å². The molecule has 25 heavy (non-hydrogen) atoms. The molecule has 8 heteroatoms. The van der Waals surface area contributed by atoms with Crippen LogP contribution in [0.2, 0.25) is 0 Å². The third kappa shape index (κ3) is 2.80. The second-order valence-corrected chi connectivity index (χ2v) is 7.14. The van der Waals surface area contributed by atoms with Crippen molar-refractivity contribution in [1.29, 1.82) is 0 Å². The zero-order valence-electron chi connectivity index (χ0n) is 13.2. The van der Waals surface area contributed by atoms with E-state index in [0.717, 1.165) is 5.56 Å². The number of rotatable bonds is 4. The van der Waals surface area contributed by atoms with E-state index in [9.17, 15) is 8.42 Å². The maximum atomic E-state index is 12.7. The predicted octanol–water partition coefficient (Wildman–Crippen LogP) is 3.04. The molecule has 0 aliphatic carbocycles. The van der Waals surface area contributed by atoms with Gasteiger partial charge < -0.3 is 14.0 Å². The number of aromatic nitrogens is 1. The van der Waals surface area contributed by atoms with Crippen molar-refractivity contribution in [3.8, 4) is 22.8 Å². The molecule has 128 valence electrons. The highest BCUT2D eigenvalue weighted by Crippen LogP contribution is 2.38. The number of anilines is 1. The monoisotopic (exact) mass is 358 g/mol. The first-order valence-corrected chi connectivity index (χ1v) is 8.93. The van der Waals surface area contributed by atoms with Crippen molar-refractivity contribution in [2.24, 2.45) is 0 Å². The minimum absolute atomic E-state index is 0.106. The second kappa shape index (κ2) is 5.82. The van der Waals surface area contributed by atoms with Gasteiger partial charge in [0.05, 0.1) is 29.3 Å². The molecule has 1 aliphatic rings. The van der Waals surface area contributed by atoms with Gasteiger partial charge in [0.1, 0.15) is 18.1 Å². The predicted molar refractivity (Wildman–Crippen MR) is 90.1 cm³/mol. The van der Waals surface area contributed by atoms with Crippen LogP contribution >= 0.6 is 0 Å². The van der Waals surface area contributed by atoms with Crippen LogP contribution < -0.4 is 14.2 Å². The minimum atomic E-state index is -3.76. The Kier molecular flexibility index (Phi) is 3.61. The van der Waals surface area contributed by atoms with Gasteiger partial charge in [0.15, 0.2) is 5.76 Å². The van der Waals surface area contributed by atoms with Crippen LogP contribution in [0.15, 0.2) is 58.1 Å². The number of nitrogens with one attached hydrogen (secondary N) is 1. The molecule has 0 bridgehead atoms. The highest BCUT2D eigenvalue weighted by Gasteiger charge is 2.24. The Morgan fingerprint density at radius 3 is 2.72 bits per heavy atom. The molecular weight excluding hydrogens is 344 g/mol. The number of sulfonamides is 1. The molecule has 0 saturated carbocycles. The quantitative estimate of drug-likeness (QED) is 0.771. The standard InChI is InChI=1S/C17H14N2O5S/c1-22-13-4-2-12(3-5-13)19-25(20,21)14-6-7-16-15(8-14)17-11(10-23-16)9-18-24-17/h2-9,19H,10H2,1H3. The molecule has 2 aromatic carbocycles. The van der Waals surface area contributed by atoms with Gasteiger partial charge in [-0.15, -0.1) is 0 Å². The van der Waals surface area contributed by atoms with Crippen molar-refractivity contribution in [2.75, 3.05) is 11.8 Å². The number of nitrogens with zero attached hydrogens (tertiary/aromatic N) is 1. The summed E-state index contributed by atoms with van der Waals surface area (Å²) in [7, 11) is -2.21. The van der Waals surface area contributed by atoms with Crippen LogP contribution in [-0.2, 0) is 16.6 Å². The van der Waals surface area contributed by atoms with Crippen LogP contribution in [0.1, 0.15) is 5.56 Å². The fourth-order valence-corrected chi connectivity index (χ4v) is 3.68. The molecule has 7 nitrogen and oxygen atoms in total. The number of methoxy groups -OCH3 is 1. The number of ether oxygens (including phenoxy) is 2. The van der Waals surface area contributed by atoms with Crippen LogP contribution in [0.25, 0.3) is 11.3 Å². The van der Waals surface area contributed by atoms with E-state index in [-0.39, 0.29) is 4.90 Å². The summed E-state index contributed by atoms with van der Waals surface area (Å²) >= 11 is 0. The summed E-state index contributed by atoms with van der Waals surface area (Å²) in [6.45, 7) is 0.349. The average Bonchev–Trinajstić information content (AvgIpc) is 3.11. The van der Waals surface area contributed by atoms with Gasteiger partial charge in [-0.3, -0.25) is 4.72 Å². The molecule has 3 aromatic rings. The van der Waals surface area contributed by atoms with E-state index in [1.807, 2.05) is 0 Å². The van der Waals surface area contributed by atoms with Gasteiger partial charge in [-0.25, -0.2) is 8.42 Å². The molecule has 0 fully saturated rings. The van der Waals surface area contributed by atoms with E-state index in [1.54, 1.807) is 43.6 Å². The molecule has 0 spiro atoms. The number of benzene rings is 2. The van der Waals surface area contributed by atoms with Crippen molar-refractivity contribution in [3.05, 3.63) is 54.2 Å².